The zero-order chi connectivity index (χ0) is 10.9. The zero-order valence-electron chi connectivity index (χ0n) is 8.61. The van der Waals surface area contributed by atoms with Gasteiger partial charge in [-0.25, -0.2) is 0 Å². The molecule has 0 N–H and O–H groups in total. The van der Waals surface area contributed by atoms with E-state index in [1.165, 1.54) is 0 Å². The molecule has 4 nitrogen and oxygen atoms in total. The second-order valence-electron chi connectivity index (χ2n) is 3.45. The monoisotopic (exact) mass is 193 g/mol. The molecule has 1 aliphatic rings. The van der Waals surface area contributed by atoms with Gasteiger partial charge in [0.05, 0.1) is 39.3 Å². The van der Waals surface area contributed by atoms with Crippen LogP contribution in [0.15, 0.2) is 0 Å². The van der Waals surface area contributed by atoms with Crippen LogP contribution in [0.4, 0.5) is 0 Å². The van der Waals surface area contributed by atoms with Gasteiger partial charge in [-0.1, -0.05) is 0 Å². The second-order valence-corrected chi connectivity index (χ2v) is 3.45. The van der Waals surface area contributed by atoms with E-state index in [0.29, 0.717) is 6.42 Å². The van der Waals surface area contributed by atoms with Gasteiger partial charge in [0.2, 0.25) is 0 Å². The van der Waals surface area contributed by atoms with E-state index >= 15 is 0 Å². The Kier molecular flexibility index (Phi) is 7.35. The van der Waals surface area contributed by atoms with E-state index in [2.05, 4.69) is 20.9 Å². The standard InChI is InChI=1S/C8H15N2O.B2O/c1-10(4-2-3-9)5-7-11-8-6-10;1-2-3/h2,4-8H2,1H3;/q+1;. The molecule has 0 amide bonds. The third kappa shape index (κ3) is 5.90. The van der Waals surface area contributed by atoms with Crippen molar-refractivity contribution < 1.29 is 13.9 Å². The minimum absolute atomic E-state index is 0.250. The number of quaternary nitrogens is 1. The molecule has 0 unspecified atom stereocenters. The fourth-order valence-electron chi connectivity index (χ4n) is 1.33. The van der Waals surface area contributed by atoms with Gasteiger partial charge in [0.25, 0.3) is 0 Å². The summed E-state index contributed by atoms with van der Waals surface area (Å²) in [4.78, 5) is 0. The molecule has 0 atom stereocenters. The van der Waals surface area contributed by atoms with Gasteiger partial charge >= 0.3 is 19.5 Å². The first-order chi connectivity index (χ1) is 6.68. The quantitative estimate of drug-likeness (QED) is 0.438. The SMILES string of the molecule is C[N+]1(CCC#N)CCOCC1.[B]B=O. The van der Waals surface area contributed by atoms with E-state index in [-0.39, 0.29) is 7.04 Å². The average Bonchev–Trinajstić information content (AvgIpc) is 2.17. The van der Waals surface area contributed by atoms with Crippen LogP contribution in [-0.2, 0) is 9.44 Å². The molecular weight excluding hydrogens is 178 g/mol. The van der Waals surface area contributed by atoms with Crippen molar-refractivity contribution >= 4 is 14.8 Å². The zero-order valence-corrected chi connectivity index (χ0v) is 8.61. The van der Waals surface area contributed by atoms with Gasteiger partial charge in [-0.3, -0.25) is 0 Å². The van der Waals surface area contributed by atoms with Gasteiger partial charge < -0.3 is 9.22 Å². The number of nitriles is 1. The molecule has 0 aromatic heterocycles. The Morgan fingerprint density at radius 3 is 2.50 bits per heavy atom. The van der Waals surface area contributed by atoms with E-state index in [1.54, 1.807) is 0 Å². The summed E-state index contributed by atoms with van der Waals surface area (Å²) in [6.45, 7) is 4.78. The molecule has 0 saturated carbocycles. The first kappa shape index (κ1) is 13.3. The van der Waals surface area contributed by atoms with Crippen molar-refractivity contribution in [3.8, 4) is 6.07 Å². The van der Waals surface area contributed by atoms with Crippen LogP contribution in [0, 0.1) is 11.3 Å². The predicted octanol–water partition coefficient (Wildman–Crippen LogP) is -0.504. The van der Waals surface area contributed by atoms with E-state index < -0.39 is 0 Å². The summed E-state index contributed by atoms with van der Waals surface area (Å²) in [5, 5.41) is 8.42. The number of nitrogens with zero attached hydrogens (tertiary/aromatic N) is 2. The number of likely N-dealkylation sites (N-methyl/N-ethyl adjacent to an activating group) is 1. The molecule has 0 aromatic rings. The Morgan fingerprint density at radius 1 is 1.57 bits per heavy atom. The molecule has 1 fully saturated rings. The fourth-order valence-corrected chi connectivity index (χ4v) is 1.33. The maximum absolute atomic E-state index is 8.58. The molecule has 1 rings (SSSR count). The van der Waals surface area contributed by atoms with Gasteiger partial charge in [-0.05, 0) is 0 Å². The third-order valence-electron chi connectivity index (χ3n) is 2.31. The summed E-state index contributed by atoms with van der Waals surface area (Å²) < 4.78 is 14.8. The number of morpholine rings is 1. The maximum atomic E-state index is 8.58. The van der Waals surface area contributed by atoms with Crippen LogP contribution in [-0.4, -0.2) is 59.2 Å². The second kappa shape index (κ2) is 7.72. The number of hydrogen-bond acceptors (Lipinski definition) is 3. The molecule has 2 radical (unpaired) electrons. The number of rotatable bonds is 2. The Hall–Kier alpha value is -0.660. The van der Waals surface area contributed by atoms with Crippen molar-refractivity contribution in [2.45, 2.75) is 6.42 Å². The molecule has 0 bridgehead atoms. The molecule has 1 heterocycles. The van der Waals surface area contributed by atoms with Crippen LogP contribution in [0.25, 0.3) is 0 Å². The van der Waals surface area contributed by atoms with Crippen molar-refractivity contribution in [1.29, 1.82) is 5.26 Å². The predicted molar refractivity (Wildman–Crippen MR) is 54.0 cm³/mol. The van der Waals surface area contributed by atoms with Gasteiger partial charge in [-0.15, -0.1) is 0 Å². The summed E-state index contributed by atoms with van der Waals surface area (Å²) in [6.07, 6.45) is 0.663. The number of hydrogen-bond donors (Lipinski definition) is 0. The minimum atomic E-state index is 0.250. The van der Waals surface area contributed by atoms with Crippen molar-refractivity contribution in [2.75, 3.05) is 39.9 Å². The fraction of sp³-hybridized carbons (Fsp3) is 0.875. The topological polar surface area (TPSA) is 50.1 Å². The first-order valence-corrected chi connectivity index (χ1v) is 4.62. The van der Waals surface area contributed by atoms with Crippen LogP contribution >= 0.6 is 0 Å². The molecule has 0 aromatic carbocycles. The summed E-state index contributed by atoms with van der Waals surface area (Å²) in [6, 6.07) is 2.18. The van der Waals surface area contributed by atoms with E-state index in [1.807, 2.05) is 0 Å². The molecular formula is C8H15B2N2O2+. The summed E-state index contributed by atoms with van der Waals surface area (Å²) in [5.41, 5.74) is 0. The van der Waals surface area contributed by atoms with Gasteiger partial charge in [-0.2, -0.15) is 5.26 Å². The summed E-state index contributed by atoms with van der Waals surface area (Å²) >= 11 is 0. The van der Waals surface area contributed by atoms with Crippen LogP contribution in [0.3, 0.4) is 0 Å². The van der Waals surface area contributed by atoms with Gasteiger partial charge in [0.15, 0.2) is 0 Å². The summed E-state index contributed by atoms with van der Waals surface area (Å²) in [5.74, 6) is 0. The van der Waals surface area contributed by atoms with Crippen molar-refractivity contribution in [2.24, 2.45) is 0 Å². The van der Waals surface area contributed by atoms with E-state index in [9.17, 15) is 0 Å². The van der Waals surface area contributed by atoms with E-state index in [4.69, 9.17) is 14.7 Å². The van der Waals surface area contributed by atoms with Crippen molar-refractivity contribution in [3.63, 3.8) is 0 Å². The molecule has 74 valence electrons. The van der Waals surface area contributed by atoms with Crippen molar-refractivity contribution in [3.05, 3.63) is 0 Å². The van der Waals surface area contributed by atoms with Gasteiger partial charge in [0, 0.05) is 0 Å². The van der Waals surface area contributed by atoms with Crippen LogP contribution in [0.1, 0.15) is 6.42 Å². The molecule has 1 saturated heterocycles. The van der Waals surface area contributed by atoms with Gasteiger partial charge in [0.1, 0.15) is 13.1 Å². The third-order valence-corrected chi connectivity index (χ3v) is 2.31. The summed E-state index contributed by atoms with van der Waals surface area (Å²) in [7, 11) is 6.61. The molecule has 6 heteroatoms. The Balaban J connectivity index is 0.000000500. The molecule has 0 aliphatic carbocycles. The van der Waals surface area contributed by atoms with Crippen LogP contribution in [0.5, 0.6) is 0 Å². The average molecular weight is 193 g/mol. The Morgan fingerprint density at radius 2 is 2.07 bits per heavy atom. The molecule has 0 spiro atoms. The Bertz CT molecular complexity index is 200. The van der Waals surface area contributed by atoms with Crippen LogP contribution < -0.4 is 0 Å². The molecule has 1 aliphatic heterocycles. The molecule has 14 heavy (non-hydrogen) atoms. The normalized spacial score (nSPS) is 18.3. The van der Waals surface area contributed by atoms with Crippen LogP contribution in [0.2, 0.25) is 0 Å². The first-order valence-electron chi connectivity index (χ1n) is 4.62. The van der Waals surface area contributed by atoms with E-state index in [0.717, 1.165) is 37.3 Å². The number of ether oxygens (including phenoxy) is 1. The Labute approximate surface area is 87.1 Å². The van der Waals surface area contributed by atoms with Crippen molar-refractivity contribution in [1.82, 2.24) is 0 Å².